The lowest BCUT2D eigenvalue weighted by molar-refractivity contribution is 0.415. The van der Waals surface area contributed by atoms with Crippen molar-refractivity contribution in [3.63, 3.8) is 0 Å². The zero-order valence-corrected chi connectivity index (χ0v) is 15.8. The molecule has 0 radical (unpaired) electrons. The quantitative estimate of drug-likeness (QED) is 0.518. The van der Waals surface area contributed by atoms with Crippen molar-refractivity contribution in [2.75, 3.05) is 18.6 Å². The Labute approximate surface area is 164 Å². The maximum absolute atomic E-state index is 5.28. The minimum atomic E-state index is 0.746. The number of rotatable bonds is 3. The van der Waals surface area contributed by atoms with Gasteiger partial charge < -0.3 is 9.64 Å². The molecular weight excluding hydrogens is 346 g/mol. The predicted octanol–water partition coefficient (Wildman–Crippen LogP) is 4.87. The minimum Gasteiger partial charge on any atom is -0.497 e. The highest BCUT2D eigenvalue weighted by Crippen LogP contribution is 2.31. The second-order valence-corrected chi connectivity index (χ2v) is 7.06. The normalized spacial score (nSPS) is 13.4. The number of nitrogens with zero attached hydrogens (tertiary/aromatic N) is 3. The Hall–Kier alpha value is -3.40. The summed E-state index contributed by atoms with van der Waals surface area (Å²) in [6.07, 6.45) is 1.03. The third-order valence-corrected chi connectivity index (χ3v) is 5.36. The second kappa shape index (κ2) is 6.97. The first-order chi connectivity index (χ1) is 13.8. The van der Waals surface area contributed by atoms with Gasteiger partial charge in [0.05, 0.1) is 12.6 Å². The van der Waals surface area contributed by atoms with Gasteiger partial charge in [-0.3, -0.25) is 0 Å². The van der Waals surface area contributed by atoms with Gasteiger partial charge in [-0.1, -0.05) is 36.4 Å². The lowest BCUT2D eigenvalue weighted by atomic mass is 9.99. The van der Waals surface area contributed by atoms with Crippen molar-refractivity contribution in [2.45, 2.75) is 13.0 Å². The van der Waals surface area contributed by atoms with Crippen molar-refractivity contribution >= 4 is 16.7 Å². The number of anilines is 1. The third-order valence-electron chi connectivity index (χ3n) is 5.36. The van der Waals surface area contributed by atoms with E-state index in [2.05, 4.69) is 47.4 Å². The number of ether oxygens (including phenoxy) is 1. The molecule has 0 unspecified atom stereocenters. The van der Waals surface area contributed by atoms with E-state index in [1.807, 2.05) is 30.3 Å². The Morgan fingerprint density at radius 3 is 2.39 bits per heavy atom. The predicted molar refractivity (Wildman–Crippen MR) is 113 cm³/mol. The molecule has 4 nitrogen and oxygen atoms in total. The molecule has 0 spiro atoms. The van der Waals surface area contributed by atoms with Crippen molar-refractivity contribution in [3.05, 3.63) is 83.9 Å². The van der Waals surface area contributed by atoms with E-state index in [9.17, 15) is 0 Å². The van der Waals surface area contributed by atoms with Crippen molar-refractivity contribution in [2.24, 2.45) is 0 Å². The van der Waals surface area contributed by atoms with E-state index < -0.39 is 0 Å². The van der Waals surface area contributed by atoms with Gasteiger partial charge in [0.2, 0.25) is 0 Å². The van der Waals surface area contributed by atoms with Crippen LogP contribution in [0.2, 0.25) is 0 Å². The first-order valence-electron chi connectivity index (χ1n) is 9.55. The molecule has 5 rings (SSSR count). The number of para-hydroxylation sites is 1. The average Bonchev–Trinajstić information content (AvgIpc) is 2.78. The molecular formula is C24H21N3O. The molecule has 4 aromatic rings. The maximum Gasteiger partial charge on any atom is 0.162 e. The zero-order chi connectivity index (χ0) is 18.9. The monoisotopic (exact) mass is 367 g/mol. The SMILES string of the molecule is COc1ccc(-c2nc(N3CCc4ccccc4C3)c3ccccc3n2)cc1. The Balaban J connectivity index is 1.61. The fourth-order valence-electron chi connectivity index (χ4n) is 3.85. The minimum absolute atomic E-state index is 0.746. The molecule has 28 heavy (non-hydrogen) atoms. The van der Waals surface area contributed by atoms with Gasteiger partial charge in [-0.15, -0.1) is 0 Å². The molecule has 0 fully saturated rings. The highest BCUT2D eigenvalue weighted by molar-refractivity contribution is 5.91. The van der Waals surface area contributed by atoms with Gasteiger partial charge in [0.15, 0.2) is 5.82 Å². The zero-order valence-electron chi connectivity index (χ0n) is 15.8. The van der Waals surface area contributed by atoms with Crippen LogP contribution in [0.3, 0.4) is 0 Å². The number of benzene rings is 3. The van der Waals surface area contributed by atoms with Crippen LogP contribution in [-0.2, 0) is 13.0 Å². The molecule has 0 N–H and O–H groups in total. The lowest BCUT2D eigenvalue weighted by Crippen LogP contribution is -2.31. The Kier molecular flexibility index (Phi) is 4.17. The van der Waals surface area contributed by atoms with Crippen LogP contribution in [0.25, 0.3) is 22.3 Å². The van der Waals surface area contributed by atoms with Gasteiger partial charge in [-0.25, -0.2) is 9.97 Å². The van der Waals surface area contributed by atoms with Crippen LogP contribution in [-0.4, -0.2) is 23.6 Å². The molecule has 4 heteroatoms. The lowest BCUT2D eigenvalue weighted by Gasteiger charge is -2.30. The molecule has 0 saturated carbocycles. The summed E-state index contributed by atoms with van der Waals surface area (Å²) in [6.45, 7) is 1.83. The van der Waals surface area contributed by atoms with Crippen LogP contribution in [0.4, 0.5) is 5.82 Å². The molecule has 2 heterocycles. The summed E-state index contributed by atoms with van der Waals surface area (Å²) in [5, 5.41) is 1.10. The molecule has 0 amide bonds. The molecule has 0 bridgehead atoms. The van der Waals surface area contributed by atoms with Crippen LogP contribution in [0.15, 0.2) is 72.8 Å². The summed E-state index contributed by atoms with van der Waals surface area (Å²) < 4.78 is 5.28. The van der Waals surface area contributed by atoms with Crippen molar-refractivity contribution in [3.8, 4) is 17.1 Å². The van der Waals surface area contributed by atoms with Crippen molar-refractivity contribution in [1.82, 2.24) is 9.97 Å². The topological polar surface area (TPSA) is 38.2 Å². The highest BCUT2D eigenvalue weighted by atomic mass is 16.5. The summed E-state index contributed by atoms with van der Waals surface area (Å²) >= 11 is 0. The number of aromatic nitrogens is 2. The van der Waals surface area contributed by atoms with Crippen molar-refractivity contribution in [1.29, 1.82) is 0 Å². The molecule has 1 aliphatic heterocycles. The van der Waals surface area contributed by atoms with Gasteiger partial charge >= 0.3 is 0 Å². The fraction of sp³-hybridized carbons (Fsp3) is 0.167. The van der Waals surface area contributed by atoms with E-state index in [-0.39, 0.29) is 0 Å². The van der Waals surface area contributed by atoms with E-state index in [1.165, 1.54) is 11.1 Å². The molecule has 0 saturated heterocycles. The molecule has 0 atom stereocenters. The van der Waals surface area contributed by atoms with Crippen LogP contribution >= 0.6 is 0 Å². The van der Waals surface area contributed by atoms with Gasteiger partial charge in [0, 0.05) is 24.0 Å². The summed E-state index contributed by atoms with van der Waals surface area (Å²) in [4.78, 5) is 12.2. The van der Waals surface area contributed by atoms with E-state index in [0.29, 0.717) is 0 Å². The van der Waals surface area contributed by atoms with E-state index in [1.54, 1.807) is 7.11 Å². The summed E-state index contributed by atoms with van der Waals surface area (Å²) in [6, 6.07) is 24.9. The number of methoxy groups -OCH3 is 1. The summed E-state index contributed by atoms with van der Waals surface area (Å²) in [7, 11) is 1.67. The summed E-state index contributed by atoms with van der Waals surface area (Å²) in [5.41, 5.74) is 4.78. The third kappa shape index (κ3) is 2.97. The van der Waals surface area contributed by atoms with E-state index in [0.717, 1.165) is 53.4 Å². The number of hydrogen-bond acceptors (Lipinski definition) is 4. The smallest absolute Gasteiger partial charge is 0.162 e. The first-order valence-corrected chi connectivity index (χ1v) is 9.55. The number of hydrogen-bond donors (Lipinski definition) is 0. The van der Waals surface area contributed by atoms with Crippen LogP contribution in [0, 0.1) is 0 Å². The standard InChI is InChI=1S/C24H21N3O/c1-28-20-12-10-18(11-13-20)23-25-22-9-5-4-8-21(22)24(26-23)27-15-14-17-6-2-3-7-19(17)16-27/h2-13H,14-16H2,1H3. The summed E-state index contributed by atoms with van der Waals surface area (Å²) in [5.74, 6) is 2.58. The molecule has 1 aliphatic rings. The molecule has 0 aliphatic carbocycles. The highest BCUT2D eigenvalue weighted by Gasteiger charge is 2.20. The fourth-order valence-corrected chi connectivity index (χ4v) is 3.85. The average molecular weight is 367 g/mol. The Morgan fingerprint density at radius 2 is 1.57 bits per heavy atom. The van der Waals surface area contributed by atoms with E-state index in [4.69, 9.17) is 14.7 Å². The molecule has 3 aromatic carbocycles. The van der Waals surface area contributed by atoms with Gasteiger partial charge in [0.25, 0.3) is 0 Å². The van der Waals surface area contributed by atoms with E-state index >= 15 is 0 Å². The second-order valence-electron chi connectivity index (χ2n) is 7.06. The van der Waals surface area contributed by atoms with Crippen LogP contribution in [0.1, 0.15) is 11.1 Å². The van der Waals surface area contributed by atoms with Gasteiger partial charge in [0.1, 0.15) is 11.6 Å². The molecule has 1 aromatic heterocycles. The molecule has 138 valence electrons. The Bertz CT molecular complexity index is 1140. The van der Waals surface area contributed by atoms with Gasteiger partial charge in [-0.2, -0.15) is 0 Å². The number of fused-ring (bicyclic) bond motifs is 2. The Morgan fingerprint density at radius 1 is 0.821 bits per heavy atom. The van der Waals surface area contributed by atoms with Gasteiger partial charge in [-0.05, 0) is 53.9 Å². The van der Waals surface area contributed by atoms with Crippen LogP contribution < -0.4 is 9.64 Å². The largest absolute Gasteiger partial charge is 0.497 e. The van der Waals surface area contributed by atoms with Crippen LogP contribution in [0.5, 0.6) is 5.75 Å². The maximum atomic E-state index is 5.28. The first kappa shape index (κ1) is 16.8. The van der Waals surface area contributed by atoms with Crippen molar-refractivity contribution < 1.29 is 4.74 Å².